The summed E-state index contributed by atoms with van der Waals surface area (Å²) in [6.07, 6.45) is -5.65. The minimum absolute atomic E-state index is 0.0113. The van der Waals surface area contributed by atoms with Gasteiger partial charge in [0.05, 0.1) is 8.48 Å². The van der Waals surface area contributed by atoms with Crippen LogP contribution in [-0.2, 0) is 9.53 Å². The highest BCUT2D eigenvalue weighted by atomic mass is 19.4. The molecule has 7 nitrogen and oxygen atoms in total. The number of anilines is 1. The Balaban J connectivity index is 2.12. The second kappa shape index (κ2) is 8.58. The van der Waals surface area contributed by atoms with E-state index in [0.717, 1.165) is 39.3 Å². The van der Waals surface area contributed by atoms with Crippen molar-refractivity contribution in [2.24, 2.45) is 11.7 Å². The first-order chi connectivity index (χ1) is 15.7. The Labute approximate surface area is 186 Å². The van der Waals surface area contributed by atoms with Gasteiger partial charge in [-0.05, 0) is 25.1 Å². The third-order valence-electron chi connectivity index (χ3n) is 5.78. The van der Waals surface area contributed by atoms with E-state index in [1.165, 1.54) is 6.07 Å². The molecule has 0 spiro atoms. The summed E-state index contributed by atoms with van der Waals surface area (Å²) in [7, 11) is 0.978. The monoisotopic (exact) mass is 474 g/mol. The van der Waals surface area contributed by atoms with E-state index in [4.69, 9.17) is 16.6 Å². The number of aromatic nitrogens is 1. The van der Waals surface area contributed by atoms with Crippen molar-refractivity contribution in [1.82, 2.24) is 4.98 Å². The second-order valence-corrected chi connectivity index (χ2v) is 7.65. The summed E-state index contributed by atoms with van der Waals surface area (Å²) in [5.41, 5.74) is 1.74. The summed E-state index contributed by atoms with van der Waals surface area (Å²) in [5.74, 6) is -8.81. The maximum atomic E-state index is 14.5. The summed E-state index contributed by atoms with van der Waals surface area (Å²) in [6, 6.07) is 2.25. The van der Waals surface area contributed by atoms with Crippen molar-refractivity contribution in [2.45, 2.75) is 37.6 Å². The van der Waals surface area contributed by atoms with E-state index in [2.05, 4.69) is 10.3 Å². The molecule has 2 aromatic rings. The molecule has 3 N–H and O–H groups in total. The Hall–Kier alpha value is -3.28. The Bertz CT molecular complexity index is 1150. The SMILES string of the molecule is [2H]c1cc([C@H]2[C@@H](C(=O)Nc3ccnc(C(N)=O)c3)O[C@@](C)(C(F)(F)F)[C@@H]2C)c(OC)c(F)c1F. The topological polar surface area (TPSA) is 104 Å². The molecule has 33 heavy (non-hydrogen) atoms. The van der Waals surface area contributed by atoms with Crippen LogP contribution in [0.1, 0.15) is 37.2 Å². The minimum atomic E-state index is -4.94. The van der Waals surface area contributed by atoms with Crippen LogP contribution in [0.2, 0.25) is 0 Å². The van der Waals surface area contributed by atoms with Crippen LogP contribution in [0, 0.1) is 17.6 Å². The average Bonchev–Trinajstić information content (AvgIpc) is 3.04. The van der Waals surface area contributed by atoms with E-state index in [1.54, 1.807) is 0 Å². The third-order valence-corrected chi connectivity index (χ3v) is 5.78. The number of methoxy groups -OCH3 is 1. The zero-order valence-corrected chi connectivity index (χ0v) is 17.6. The summed E-state index contributed by atoms with van der Waals surface area (Å²) in [4.78, 5) is 28.1. The van der Waals surface area contributed by atoms with Gasteiger partial charge in [0.25, 0.3) is 11.8 Å². The Morgan fingerprint density at radius 2 is 2.00 bits per heavy atom. The molecular weight excluding hydrogens is 453 g/mol. The molecule has 12 heteroatoms. The maximum absolute atomic E-state index is 14.5. The molecular formula is C21H20F5N3O4. The standard InChI is InChI=1S/C21H20F5N3O4/c1-9-14(11-4-5-12(22)15(23)16(11)32-3)17(33-20(9,2)21(24,25)26)19(31)29-10-6-7-28-13(8-10)18(27)30/h4-9,14,17H,1-3H3,(H2,27,30)(H,28,29,31)/t9-,14+,17+,20-/m1/s1/i5D. The predicted octanol–water partition coefficient (Wildman–Crippen LogP) is 3.55. The fraction of sp³-hybridized carbons (Fsp3) is 0.381. The molecule has 1 saturated heterocycles. The number of alkyl halides is 3. The van der Waals surface area contributed by atoms with Crippen molar-refractivity contribution < 1.29 is 42.4 Å². The largest absolute Gasteiger partial charge is 0.493 e. The quantitative estimate of drug-likeness (QED) is 0.646. The summed E-state index contributed by atoms with van der Waals surface area (Å²) in [6.45, 7) is 1.89. The summed E-state index contributed by atoms with van der Waals surface area (Å²) >= 11 is 0. The fourth-order valence-corrected chi connectivity index (χ4v) is 3.83. The highest BCUT2D eigenvalue weighted by Gasteiger charge is 2.65. The molecule has 1 aliphatic heterocycles. The number of hydrogen-bond donors (Lipinski definition) is 2. The van der Waals surface area contributed by atoms with Gasteiger partial charge < -0.3 is 20.5 Å². The number of benzene rings is 1. The summed E-state index contributed by atoms with van der Waals surface area (Å²) < 4.78 is 88.2. The molecule has 2 heterocycles. The third kappa shape index (κ3) is 4.22. The fourth-order valence-electron chi connectivity index (χ4n) is 3.83. The molecule has 0 bridgehead atoms. The number of ether oxygens (including phenoxy) is 2. The van der Waals surface area contributed by atoms with Crippen LogP contribution < -0.4 is 15.8 Å². The molecule has 0 radical (unpaired) electrons. The van der Waals surface area contributed by atoms with Crippen LogP contribution in [0.25, 0.3) is 0 Å². The number of carbonyl (C=O) groups excluding carboxylic acids is 2. The first-order valence-corrected chi connectivity index (χ1v) is 9.56. The van der Waals surface area contributed by atoms with E-state index in [-0.39, 0.29) is 16.9 Å². The van der Waals surface area contributed by atoms with Gasteiger partial charge in [0, 0.05) is 29.3 Å². The van der Waals surface area contributed by atoms with E-state index in [1.807, 2.05) is 0 Å². The smallest absolute Gasteiger partial charge is 0.417 e. The Morgan fingerprint density at radius 1 is 1.33 bits per heavy atom. The number of pyridine rings is 1. The molecule has 1 fully saturated rings. The molecule has 4 atom stereocenters. The van der Waals surface area contributed by atoms with E-state index in [0.29, 0.717) is 0 Å². The molecule has 178 valence electrons. The molecule has 1 aromatic carbocycles. The normalized spacial score (nSPS) is 25.5. The Kier molecular flexibility index (Phi) is 5.95. The first kappa shape index (κ1) is 22.9. The van der Waals surface area contributed by atoms with Crippen molar-refractivity contribution in [3.8, 4) is 5.75 Å². The van der Waals surface area contributed by atoms with Gasteiger partial charge >= 0.3 is 6.18 Å². The van der Waals surface area contributed by atoms with Gasteiger partial charge in [-0.3, -0.25) is 14.6 Å². The lowest BCUT2D eigenvalue weighted by Crippen LogP contribution is -2.47. The van der Waals surface area contributed by atoms with Crippen LogP contribution >= 0.6 is 0 Å². The zero-order chi connectivity index (χ0) is 25.6. The predicted molar refractivity (Wildman–Crippen MR) is 106 cm³/mol. The number of nitrogens with one attached hydrogen (secondary N) is 1. The number of hydrogen-bond acceptors (Lipinski definition) is 5. The maximum Gasteiger partial charge on any atom is 0.417 e. The van der Waals surface area contributed by atoms with E-state index in [9.17, 15) is 31.5 Å². The van der Waals surface area contributed by atoms with Crippen molar-refractivity contribution >= 4 is 17.5 Å². The molecule has 1 aliphatic rings. The molecule has 1 aromatic heterocycles. The van der Waals surface area contributed by atoms with Crippen molar-refractivity contribution in [1.29, 1.82) is 0 Å². The highest BCUT2D eigenvalue weighted by molar-refractivity contribution is 5.97. The van der Waals surface area contributed by atoms with Crippen molar-refractivity contribution in [3.05, 3.63) is 53.3 Å². The number of halogens is 5. The van der Waals surface area contributed by atoms with Gasteiger partial charge in [-0.25, -0.2) is 4.39 Å². The van der Waals surface area contributed by atoms with Gasteiger partial charge in [0.15, 0.2) is 17.2 Å². The average molecular weight is 474 g/mol. The highest BCUT2D eigenvalue weighted by Crippen LogP contribution is 2.55. The first-order valence-electron chi connectivity index (χ1n) is 10.1. The van der Waals surface area contributed by atoms with E-state index < -0.39 is 65.0 Å². The van der Waals surface area contributed by atoms with Gasteiger partial charge in [-0.2, -0.15) is 17.6 Å². The van der Waals surface area contributed by atoms with E-state index >= 15 is 0 Å². The lowest BCUT2D eigenvalue weighted by molar-refractivity contribution is -0.272. The van der Waals surface area contributed by atoms with Crippen LogP contribution in [0.15, 0.2) is 30.4 Å². The van der Waals surface area contributed by atoms with Gasteiger partial charge in [0.1, 0.15) is 11.8 Å². The lowest BCUT2D eigenvalue weighted by Gasteiger charge is -2.32. The van der Waals surface area contributed by atoms with Crippen LogP contribution in [0.3, 0.4) is 0 Å². The number of nitrogens with zero attached hydrogens (tertiary/aromatic N) is 1. The van der Waals surface area contributed by atoms with Gasteiger partial charge in [-0.15, -0.1) is 0 Å². The van der Waals surface area contributed by atoms with Crippen LogP contribution in [-0.4, -0.2) is 41.8 Å². The second-order valence-electron chi connectivity index (χ2n) is 7.65. The zero-order valence-electron chi connectivity index (χ0n) is 18.6. The van der Waals surface area contributed by atoms with Crippen LogP contribution in [0.5, 0.6) is 5.75 Å². The number of carbonyl (C=O) groups is 2. The number of rotatable bonds is 5. The molecule has 0 saturated carbocycles. The number of nitrogens with two attached hydrogens (primary N) is 1. The molecule has 0 unspecified atom stereocenters. The van der Waals surface area contributed by atoms with Crippen molar-refractivity contribution in [2.75, 3.05) is 12.4 Å². The Morgan fingerprint density at radius 3 is 2.58 bits per heavy atom. The van der Waals surface area contributed by atoms with Crippen LogP contribution in [0.4, 0.5) is 27.6 Å². The van der Waals surface area contributed by atoms with Gasteiger partial charge in [0.2, 0.25) is 5.82 Å². The lowest BCUT2D eigenvalue weighted by atomic mass is 9.77. The van der Waals surface area contributed by atoms with Crippen molar-refractivity contribution in [3.63, 3.8) is 0 Å². The molecule has 2 amide bonds. The van der Waals surface area contributed by atoms with Gasteiger partial charge in [-0.1, -0.05) is 13.0 Å². The summed E-state index contributed by atoms with van der Waals surface area (Å²) in [5, 5.41) is 2.33. The minimum Gasteiger partial charge on any atom is -0.493 e. The number of amides is 2. The molecule has 0 aliphatic carbocycles. The number of primary amides is 1. The molecule has 3 rings (SSSR count).